The minimum Gasteiger partial charge on any atom is -0.394 e. The lowest BCUT2D eigenvalue weighted by atomic mass is 10.1. The van der Waals surface area contributed by atoms with Gasteiger partial charge in [0.15, 0.2) is 0 Å². The number of hydrogen-bond acceptors (Lipinski definition) is 5. The largest absolute Gasteiger partial charge is 0.394 e. The molecule has 0 aliphatic rings. The van der Waals surface area contributed by atoms with E-state index in [9.17, 15) is 18.3 Å². The van der Waals surface area contributed by atoms with Crippen molar-refractivity contribution < 1.29 is 18.3 Å². The molecular formula is C18H24N2O4S2. The summed E-state index contributed by atoms with van der Waals surface area (Å²) in [5.74, 6) is -0.205. The van der Waals surface area contributed by atoms with Gasteiger partial charge in [-0.3, -0.25) is 9.52 Å². The van der Waals surface area contributed by atoms with Gasteiger partial charge in [-0.1, -0.05) is 19.1 Å². The Morgan fingerprint density at radius 3 is 2.35 bits per heavy atom. The van der Waals surface area contributed by atoms with E-state index in [0.717, 1.165) is 16.9 Å². The van der Waals surface area contributed by atoms with Gasteiger partial charge in [-0.2, -0.15) is 0 Å². The van der Waals surface area contributed by atoms with Crippen molar-refractivity contribution in [3.05, 3.63) is 46.8 Å². The molecule has 1 amide bonds. The second-order valence-electron chi connectivity index (χ2n) is 6.64. The van der Waals surface area contributed by atoms with Gasteiger partial charge >= 0.3 is 0 Å². The summed E-state index contributed by atoms with van der Waals surface area (Å²) in [5.41, 5.74) is 0.518. The summed E-state index contributed by atoms with van der Waals surface area (Å²) in [4.78, 5) is 13.0. The van der Waals surface area contributed by atoms with E-state index in [0.29, 0.717) is 5.69 Å². The highest BCUT2D eigenvalue weighted by molar-refractivity contribution is 7.94. The van der Waals surface area contributed by atoms with Gasteiger partial charge in [-0.25, -0.2) is 8.42 Å². The van der Waals surface area contributed by atoms with Crippen molar-refractivity contribution in [1.82, 2.24) is 5.32 Å². The Labute approximate surface area is 158 Å². The van der Waals surface area contributed by atoms with Crippen molar-refractivity contribution in [2.45, 2.75) is 43.4 Å². The molecule has 0 saturated heterocycles. The van der Waals surface area contributed by atoms with Gasteiger partial charge in [0.1, 0.15) is 4.21 Å². The van der Waals surface area contributed by atoms with Crippen LogP contribution in [0.3, 0.4) is 0 Å². The maximum absolute atomic E-state index is 12.4. The first-order valence-corrected chi connectivity index (χ1v) is 10.6. The van der Waals surface area contributed by atoms with E-state index in [2.05, 4.69) is 10.0 Å². The smallest absolute Gasteiger partial charge is 0.271 e. The lowest BCUT2D eigenvalue weighted by Gasteiger charge is -2.23. The summed E-state index contributed by atoms with van der Waals surface area (Å²) in [5, 5.41) is 11.9. The topological polar surface area (TPSA) is 95.5 Å². The average Bonchev–Trinajstić information content (AvgIpc) is 3.06. The first kappa shape index (κ1) is 20.4. The molecule has 1 aromatic carbocycles. The average molecular weight is 397 g/mol. The number of rotatable bonds is 8. The van der Waals surface area contributed by atoms with Crippen LogP contribution in [0.15, 0.2) is 40.6 Å². The number of aryl methyl sites for hydroxylation is 1. The maximum atomic E-state index is 12.4. The van der Waals surface area contributed by atoms with Crippen molar-refractivity contribution in [3.63, 3.8) is 0 Å². The fourth-order valence-corrected chi connectivity index (χ4v) is 4.59. The number of benzene rings is 1. The Morgan fingerprint density at radius 2 is 1.81 bits per heavy atom. The Hall–Kier alpha value is -1.90. The third kappa shape index (κ3) is 5.55. The first-order chi connectivity index (χ1) is 12.1. The van der Waals surface area contributed by atoms with Crippen LogP contribution in [0.25, 0.3) is 0 Å². The molecule has 26 heavy (non-hydrogen) atoms. The van der Waals surface area contributed by atoms with E-state index in [1.807, 2.05) is 13.0 Å². The van der Waals surface area contributed by atoms with Crippen LogP contribution in [0.4, 0.5) is 5.69 Å². The van der Waals surface area contributed by atoms with E-state index in [-0.39, 0.29) is 23.1 Å². The number of nitrogens with one attached hydrogen (secondary N) is 2. The van der Waals surface area contributed by atoms with Crippen LogP contribution in [0.1, 0.15) is 31.2 Å². The van der Waals surface area contributed by atoms with Crippen LogP contribution in [0.2, 0.25) is 0 Å². The van der Waals surface area contributed by atoms with E-state index < -0.39 is 15.6 Å². The third-order valence-electron chi connectivity index (χ3n) is 3.69. The maximum Gasteiger partial charge on any atom is 0.271 e. The van der Waals surface area contributed by atoms with E-state index in [4.69, 9.17) is 0 Å². The first-order valence-electron chi connectivity index (χ1n) is 8.27. The Bertz CT molecular complexity index is 856. The van der Waals surface area contributed by atoms with Crippen molar-refractivity contribution in [2.75, 3.05) is 11.3 Å². The second kappa shape index (κ2) is 8.20. The lowest BCUT2D eigenvalue weighted by molar-refractivity contribution is -0.122. The van der Waals surface area contributed by atoms with Crippen molar-refractivity contribution >= 4 is 33.0 Å². The minimum atomic E-state index is -3.60. The summed E-state index contributed by atoms with van der Waals surface area (Å²) in [7, 11) is -3.60. The number of aliphatic hydroxyl groups excluding tert-OH is 1. The minimum absolute atomic E-state index is 0.151. The van der Waals surface area contributed by atoms with Crippen LogP contribution < -0.4 is 10.0 Å². The number of sulfonamides is 1. The van der Waals surface area contributed by atoms with Gasteiger partial charge in [0, 0.05) is 10.6 Å². The third-order valence-corrected chi connectivity index (χ3v) is 6.80. The molecule has 2 rings (SSSR count). The van der Waals surface area contributed by atoms with Crippen LogP contribution >= 0.6 is 11.3 Å². The number of thiophene rings is 1. The van der Waals surface area contributed by atoms with Gasteiger partial charge in [0.2, 0.25) is 5.91 Å². The molecule has 1 aromatic heterocycles. The van der Waals surface area contributed by atoms with E-state index in [1.54, 1.807) is 44.2 Å². The number of carbonyl (C=O) groups is 1. The van der Waals surface area contributed by atoms with Crippen LogP contribution in [0, 0.1) is 0 Å². The fraction of sp³-hybridized carbons (Fsp3) is 0.389. The molecule has 0 fully saturated rings. The standard InChI is InChI=1S/C18H24N2O4S2/c1-4-15-9-10-17(25-15)26(23,24)20-14-7-5-13(6-8-14)11-16(22)19-18(2,3)12-21/h5-10,20-21H,4,11-12H2,1-3H3,(H,19,22). The van der Waals surface area contributed by atoms with Gasteiger partial charge < -0.3 is 10.4 Å². The Kier molecular flexibility index (Phi) is 6.44. The molecule has 2 aromatic rings. The number of anilines is 1. The number of hydrogen-bond donors (Lipinski definition) is 3. The highest BCUT2D eigenvalue weighted by atomic mass is 32.2. The molecule has 0 bridgehead atoms. The number of amides is 1. The molecule has 0 unspecified atom stereocenters. The molecular weight excluding hydrogens is 372 g/mol. The highest BCUT2D eigenvalue weighted by Gasteiger charge is 2.19. The predicted octanol–water partition coefficient (Wildman–Crippen LogP) is 2.54. The number of carbonyl (C=O) groups excluding carboxylic acids is 1. The molecule has 0 atom stereocenters. The van der Waals surface area contributed by atoms with Crippen LogP contribution in [-0.2, 0) is 27.7 Å². The predicted molar refractivity (Wildman–Crippen MR) is 104 cm³/mol. The quantitative estimate of drug-likeness (QED) is 0.639. The summed E-state index contributed by atoms with van der Waals surface area (Å²) >= 11 is 1.25. The number of aliphatic hydroxyl groups is 1. The molecule has 0 aliphatic carbocycles. The molecule has 0 saturated carbocycles. The van der Waals surface area contributed by atoms with Gasteiger partial charge in [0.25, 0.3) is 10.0 Å². The van der Waals surface area contributed by atoms with Crippen LogP contribution in [-0.4, -0.2) is 31.6 Å². The zero-order valence-electron chi connectivity index (χ0n) is 15.1. The SMILES string of the molecule is CCc1ccc(S(=O)(=O)Nc2ccc(CC(=O)NC(C)(C)CO)cc2)s1. The zero-order chi connectivity index (χ0) is 19.4. The second-order valence-corrected chi connectivity index (χ2v) is 9.72. The van der Waals surface area contributed by atoms with Crippen LogP contribution in [0.5, 0.6) is 0 Å². The lowest BCUT2D eigenvalue weighted by Crippen LogP contribution is -2.46. The summed E-state index contributed by atoms with van der Waals surface area (Å²) < 4.78 is 27.6. The molecule has 3 N–H and O–H groups in total. The molecule has 1 heterocycles. The molecule has 8 heteroatoms. The Balaban J connectivity index is 2.02. The summed E-state index contributed by atoms with van der Waals surface area (Å²) in [6.07, 6.45) is 0.950. The summed E-state index contributed by atoms with van der Waals surface area (Å²) in [6, 6.07) is 10.1. The monoisotopic (exact) mass is 396 g/mol. The van der Waals surface area contributed by atoms with Gasteiger partial charge in [-0.05, 0) is 50.1 Å². The fourth-order valence-electron chi connectivity index (χ4n) is 2.24. The van der Waals surface area contributed by atoms with E-state index in [1.165, 1.54) is 11.3 Å². The highest BCUT2D eigenvalue weighted by Crippen LogP contribution is 2.24. The molecule has 0 spiro atoms. The summed E-state index contributed by atoms with van der Waals surface area (Å²) in [6.45, 7) is 5.29. The Morgan fingerprint density at radius 1 is 1.15 bits per heavy atom. The van der Waals surface area contributed by atoms with Crippen molar-refractivity contribution in [3.8, 4) is 0 Å². The molecule has 0 radical (unpaired) electrons. The molecule has 6 nitrogen and oxygen atoms in total. The van der Waals surface area contributed by atoms with Gasteiger partial charge in [-0.15, -0.1) is 11.3 Å². The zero-order valence-corrected chi connectivity index (χ0v) is 16.7. The normalized spacial score (nSPS) is 12.0. The van der Waals surface area contributed by atoms with E-state index >= 15 is 0 Å². The van der Waals surface area contributed by atoms with Gasteiger partial charge in [0.05, 0.1) is 18.6 Å². The molecule has 142 valence electrons. The van der Waals surface area contributed by atoms with Crippen molar-refractivity contribution in [1.29, 1.82) is 0 Å². The van der Waals surface area contributed by atoms with Crippen molar-refractivity contribution in [2.24, 2.45) is 0 Å². The molecule has 0 aliphatic heterocycles.